The topological polar surface area (TPSA) is 146 Å². The van der Waals surface area contributed by atoms with Gasteiger partial charge in [0.1, 0.15) is 11.9 Å². The first-order valence-electron chi connectivity index (χ1n) is 9.17. The molecule has 1 aromatic heterocycles. The minimum atomic E-state index is -0.620. The summed E-state index contributed by atoms with van der Waals surface area (Å²) in [4.78, 5) is 42.2. The van der Waals surface area contributed by atoms with Crippen LogP contribution in [0.5, 0.6) is 0 Å². The Hall–Kier alpha value is -3.27. The molecule has 2 aromatic rings. The molecule has 3 amide bonds. The van der Waals surface area contributed by atoms with Crippen LogP contribution in [0.25, 0.3) is 0 Å². The van der Waals surface area contributed by atoms with E-state index in [-0.39, 0.29) is 18.2 Å². The standard InChI is InChI=1S/C18H21N7O3/c19-7-6-14-21-18(24-23-14)20-8-10-2-1-3-11-12(10)9-25(17(11)28)13-4-5-15(26)22-16(13)27/h1-3,13H,4-9,19H2,(H,22,26,27)(H2,20,21,23,24). The van der Waals surface area contributed by atoms with Gasteiger partial charge in [0, 0.05) is 31.5 Å². The molecule has 3 heterocycles. The third kappa shape index (κ3) is 3.33. The van der Waals surface area contributed by atoms with E-state index in [1.807, 2.05) is 12.1 Å². The van der Waals surface area contributed by atoms with Gasteiger partial charge in [-0.3, -0.25) is 24.8 Å². The van der Waals surface area contributed by atoms with Crippen molar-refractivity contribution in [3.05, 3.63) is 40.7 Å². The molecule has 2 aliphatic rings. The normalized spacial score (nSPS) is 19.0. The zero-order valence-corrected chi connectivity index (χ0v) is 15.2. The van der Waals surface area contributed by atoms with Gasteiger partial charge >= 0.3 is 0 Å². The number of aromatic amines is 1. The predicted molar refractivity (Wildman–Crippen MR) is 99.0 cm³/mol. The number of carbonyl (C=O) groups is 3. The Labute approximate surface area is 160 Å². The average molecular weight is 383 g/mol. The largest absolute Gasteiger partial charge is 0.349 e. The number of benzene rings is 1. The van der Waals surface area contributed by atoms with Gasteiger partial charge in [-0.2, -0.15) is 4.98 Å². The second kappa shape index (κ2) is 7.39. The molecule has 1 unspecified atom stereocenters. The number of carbonyl (C=O) groups excluding carboxylic acids is 3. The highest BCUT2D eigenvalue weighted by atomic mass is 16.2. The number of nitrogens with one attached hydrogen (secondary N) is 3. The summed E-state index contributed by atoms with van der Waals surface area (Å²) in [6.07, 6.45) is 1.20. The van der Waals surface area contributed by atoms with E-state index < -0.39 is 11.9 Å². The van der Waals surface area contributed by atoms with Crippen LogP contribution in [0.4, 0.5) is 5.95 Å². The number of piperidine rings is 1. The first kappa shape index (κ1) is 18.1. The van der Waals surface area contributed by atoms with Crippen LogP contribution in [0.15, 0.2) is 18.2 Å². The number of nitrogens with zero attached hydrogens (tertiary/aromatic N) is 3. The van der Waals surface area contributed by atoms with E-state index in [1.165, 1.54) is 0 Å². The first-order valence-corrected chi connectivity index (χ1v) is 9.17. The third-order valence-corrected chi connectivity index (χ3v) is 5.03. The zero-order chi connectivity index (χ0) is 19.7. The SMILES string of the molecule is NCCc1nc(NCc2cccc3c2CN(C2CCC(=O)NC2=O)C3=O)n[nH]1. The summed E-state index contributed by atoms with van der Waals surface area (Å²) in [5.74, 6) is 0.283. The lowest BCUT2D eigenvalue weighted by molar-refractivity contribution is -0.136. The van der Waals surface area contributed by atoms with Crippen molar-refractivity contribution in [3.63, 3.8) is 0 Å². The number of H-pyrrole nitrogens is 1. The van der Waals surface area contributed by atoms with Crippen LogP contribution in [0, 0.1) is 0 Å². The Bertz CT molecular complexity index is 939. The second-order valence-corrected chi connectivity index (χ2v) is 6.84. The number of imide groups is 1. The van der Waals surface area contributed by atoms with E-state index in [0.29, 0.717) is 49.8 Å². The fourth-order valence-corrected chi connectivity index (χ4v) is 3.61. The van der Waals surface area contributed by atoms with Gasteiger partial charge in [-0.05, 0) is 30.2 Å². The fourth-order valence-electron chi connectivity index (χ4n) is 3.61. The summed E-state index contributed by atoms with van der Waals surface area (Å²) in [7, 11) is 0. The quantitative estimate of drug-likeness (QED) is 0.500. The van der Waals surface area contributed by atoms with Crippen LogP contribution in [0.2, 0.25) is 0 Å². The number of rotatable bonds is 6. The summed E-state index contributed by atoms with van der Waals surface area (Å²) in [5, 5.41) is 12.4. The lowest BCUT2D eigenvalue weighted by Crippen LogP contribution is -2.52. The molecule has 1 saturated heterocycles. The Morgan fingerprint density at radius 2 is 2.14 bits per heavy atom. The molecule has 0 radical (unpaired) electrons. The Morgan fingerprint density at radius 3 is 2.93 bits per heavy atom. The van der Waals surface area contributed by atoms with E-state index in [2.05, 4.69) is 25.8 Å². The number of aromatic nitrogens is 3. The van der Waals surface area contributed by atoms with E-state index >= 15 is 0 Å². The molecule has 10 nitrogen and oxygen atoms in total. The van der Waals surface area contributed by atoms with Crippen LogP contribution in [-0.2, 0) is 29.1 Å². The van der Waals surface area contributed by atoms with Crippen molar-refractivity contribution in [2.45, 2.75) is 38.4 Å². The molecule has 0 bridgehead atoms. The Balaban J connectivity index is 1.49. The smallest absolute Gasteiger partial charge is 0.255 e. The van der Waals surface area contributed by atoms with E-state index in [4.69, 9.17) is 5.73 Å². The van der Waals surface area contributed by atoms with Crippen molar-refractivity contribution in [2.75, 3.05) is 11.9 Å². The summed E-state index contributed by atoms with van der Waals surface area (Å²) >= 11 is 0. The van der Waals surface area contributed by atoms with E-state index in [1.54, 1.807) is 11.0 Å². The molecule has 2 aliphatic heterocycles. The Morgan fingerprint density at radius 1 is 1.29 bits per heavy atom. The van der Waals surface area contributed by atoms with Crippen LogP contribution in [-0.4, -0.2) is 50.4 Å². The third-order valence-electron chi connectivity index (χ3n) is 5.03. The van der Waals surface area contributed by atoms with Crippen molar-refractivity contribution in [3.8, 4) is 0 Å². The highest BCUT2D eigenvalue weighted by Gasteiger charge is 2.39. The van der Waals surface area contributed by atoms with Gasteiger partial charge in [-0.25, -0.2) is 0 Å². The average Bonchev–Trinajstić information content (AvgIpc) is 3.26. The van der Waals surface area contributed by atoms with Crippen LogP contribution in [0.3, 0.4) is 0 Å². The summed E-state index contributed by atoms with van der Waals surface area (Å²) in [5.41, 5.74) is 7.91. The molecule has 10 heteroatoms. The highest BCUT2D eigenvalue weighted by molar-refractivity contribution is 6.05. The maximum atomic E-state index is 12.8. The molecular formula is C18H21N7O3. The van der Waals surface area contributed by atoms with Crippen molar-refractivity contribution in [2.24, 2.45) is 5.73 Å². The molecule has 28 heavy (non-hydrogen) atoms. The van der Waals surface area contributed by atoms with Gasteiger partial charge in [-0.1, -0.05) is 12.1 Å². The van der Waals surface area contributed by atoms with Gasteiger partial charge in [0.2, 0.25) is 17.8 Å². The van der Waals surface area contributed by atoms with Crippen molar-refractivity contribution in [1.29, 1.82) is 0 Å². The highest BCUT2D eigenvalue weighted by Crippen LogP contribution is 2.30. The minimum absolute atomic E-state index is 0.186. The van der Waals surface area contributed by atoms with Crippen LogP contribution < -0.4 is 16.4 Å². The first-order chi connectivity index (χ1) is 13.6. The number of amides is 3. The molecule has 4 rings (SSSR count). The number of anilines is 1. The number of hydrogen-bond acceptors (Lipinski definition) is 7. The summed E-state index contributed by atoms with van der Waals surface area (Å²) in [6, 6.07) is 4.89. The second-order valence-electron chi connectivity index (χ2n) is 6.84. The molecule has 0 saturated carbocycles. The molecule has 1 aromatic carbocycles. The maximum absolute atomic E-state index is 12.8. The lowest BCUT2D eigenvalue weighted by atomic mass is 10.0. The summed E-state index contributed by atoms with van der Waals surface area (Å²) in [6.45, 7) is 1.27. The predicted octanol–water partition coefficient (Wildman–Crippen LogP) is -0.321. The maximum Gasteiger partial charge on any atom is 0.255 e. The van der Waals surface area contributed by atoms with Gasteiger partial charge in [0.25, 0.3) is 5.91 Å². The number of fused-ring (bicyclic) bond motifs is 1. The van der Waals surface area contributed by atoms with Crippen molar-refractivity contribution < 1.29 is 14.4 Å². The fraction of sp³-hybridized carbons (Fsp3) is 0.389. The molecule has 1 atom stereocenters. The lowest BCUT2D eigenvalue weighted by Gasteiger charge is -2.29. The van der Waals surface area contributed by atoms with Gasteiger partial charge in [0.05, 0.1) is 0 Å². The zero-order valence-electron chi connectivity index (χ0n) is 15.2. The molecule has 0 spiro atoms. The van der Waals surface area contributed by atoms with Gasteiger partial charge in [-0.15, -0.1) is 5.10 Å². The molecule has 146 valence electrons. The number of hydrogen-bond donors (Lipinski definition) is 4. The van der Waals surface area contributed by atoms with Gasteiger partial charge < -0.3 is 16.0 Å². The molecular weight excluding hydrogens is 362 g/mol. The molecule has 5 N–H and O–H groups in total. The monoisotopic (exact) mass is 383 g/mol. The van der Waals surface area contributed by atoms with Crippen molar-refractivity contribution in [1.82, 2.24) is 25.4 Å². The molecule has 0 aliphatic carbocycles. The molecule has 1 fully saturated rings. The number of nitrogens with two attached hydrogens (primary N) is 1. The summed E-state index contributed by atoms with van der Waals surface area (Å²) < 4.78 is 0. The van der Waals surface area contributed by atoms with Crippen LogP contribution >= 0.6 is 0 Å². The van der Waals surface area contributed by atoms with Crippen molar-refractivity contribution >= 4 is 23.7 Å². The Kier molecular flexibility index (Phi) is 4.78. The minimum Gasteiger partial charge on any atom is -0.349 e. The van der Waals surface area contributed by atoms with Gasteiger partial charge in [0.15, 0.2) is 0 Å². The van der Waals surface area contributed by atoms with E-state index in [9.17, 15) is 14.4 Å². The van der Waals surface area contributed by atoms with E-state index in [0.717, 1.165) is 11.1 Å². The van der Waals surface area contributed by atoms with Crippen LogP contribution in [0.1, 0.15) is 40.2 Å².